The summed E-state index contributed by atoms with van der Waals surface area (Å²) in [6, 6.07) is 18.3. The van der Waals surface area contributed by atoms with Crippen LogP contribution in [0.15, 0.2) is 149 Å². The van der Waals surface area contributed by atoms with Crippen LogP contribution < -0.4 is 0 Å². The van der Waals surface area contributed by atoms with E-state index in [1.165, 1.54) is 40.8 Å². The Morgan fingerprint density at radius 1 is 0.411 bits per heavy atom. The van der Waals surface area contributed by atoms with E-state index in [0.717, 1.165) is 64.1 Å². The van der Waals surface area contributed by atoms with E-state index in [0.29, 0.717) is 12.4 Å². The van der Waals surface area contributed by atoms with Crippen molar-refractivity contribution in [2.24, 2.45) is 57.7 Å². The Labute approximate surface area is 754 Å². The number of oxazole rings is 1. The van der Waals surface area contributed by atoms with Crippen molar-refractivity contribution in [3.63, 3.8) is 0 Å². The number of hydrogen-bond donors (Lipinski definition) is 0. The Balaban J connectivity index is 0.000000677. The van der Waals surface area contributed by atoms with Gasteiger partial charge in [-0.3, -0.25) is 38.8 Å². The van der Waals surface area contributed by atoms with Crippen LogP contribution >= 0.6 is 11.3 Å². The third-order valence-electron chi connectivity index (χ3n) is 18.7. The molecule has 0 saturated carbocycles. The van der Waals surface area contributed by atoms with Crippen LogP contribution in [0.5, 0.6) is 0 Å². The molecule has 0 spiro atoms. The summed E-state index contributed by atoms with van der Waals surface area (Å²) in [5, 5.41) is 16.3. The molecule has 0 N–H and O–H groups in total. The maximum absolute atomic E-state index is 11.1. The third-order valence-corrected chi connectivity index (χ3v) is 19.5. The largest absolute Gasteiger partial charge is 0.448 e. The summed E-state index contributed by atoms with van der Waals surface area (Å²) in [4.78, 5) is 54.5. The zero-order valence-corrected chi connectivity index (χ0v) is 87.0. The van der Waals surface area contributed by atoms with E-state index in [4.69, 9.17) is 4.42 Å². The van der Waals surface area contributed by atoms with Crippen molar-refractivity contribution in [1.29, 1.82) is 0 Å². The first-order valence-corrected chi connectivity index (χ1v) is 44.1. The average Bonchev–Trinajstić information content (AvgIpc) is 1.68. The predicted molar refractivity (Wildman–Crippen MR) is 522 cm³/mol. The van der Waals surface area contributed by atoms with E-state index in [1.807, 2.05) is 132 Å². The SMILES string of the molecule is CC(=O)c1cc(C(C)(C)C)n(C)n1.CC(C)(C)c1ccccn1.CC(C)(C)c1cccnc1.CC1=NCN=C1C(C)(C)C.CCn1ncnc1C(C)(C)C.Cc1ocnc1C(C)(C)C.Cc1scnc1C(C)(C)C.Cn1cccc1C(C)(C)C.Cn1ccnc1C(C)(C)C.Cn1ccnc1C(C)(C)C.Cn1nccc1C(C)(C)C.Cn1ncnc1C(C)(C)C. The molecular weight excluding hydrogens is 1560 g/mol. The number of Topliss-reactive ketones (excluding diaryl/α,β-unsaturated/α-hetero) is 1. The number of aryl methyl sites for hydroxylation is 9. The number of carbonyl (C=O) groups excluding carboxylic acids is 1. The molecule has 11 aromatic rings. The van der Waals surface area contributed by atoms with Crippen molar-refractivity contribution >= 4 is 28.5 Å². The summed E-state index contributed by atoms with van der Waals surface area (Å²) in [7, 11) is 11.9. The van der Waals surface area contributed by atoms with E-state index < -0.39 is 0 Å². The number of carbonyl (C=O) groups is 1. The molecule has 0 atom stereocenters. The highest BCUT2D eigenvalue weighted by Gasteiger charge is 2.27. The van der Waals surface area contributed by atoms with Gasteiger partial charge in [0.05, 0.1) is 28.3 Å². The minimum Gasteiger partial charge on any atom is -0.448 e. The van der Waals surface area contributed by atoms with Gasteiger partial charge < -0.3 is 18.1 Å². The van der Waals surface area contributed by atoms with Crippen LogP contribution in [0.25, 0.3) is 0 Å². The zero-order valence-electron chi connectivity index (χ0n) is 86.2. The molecule has 0 saturated heterocycles. The average molecular weight is 1730 g/mol. The molecule has 1 aliphatic rings. The number of nitrogens with zero attached hydrogens (tertiary/aromatic N) is 21. The van der Waals surface area contributed by atoms with Crippen molar-refractivity contribution in [3.8, 4) is 0 Å². The number of hydrogen-bond acceptors (Lipinski definition) is 17. The van der Waals surface area contributed by atoms with Crippen LogP contribution in [0.1, 0.15) is 354 Å². The summed E-state index contributed by atoms with van der Waals surface area (Å²) >= 11 is 1.72. The lowest BCUT2D eigenvalue weighted by atomic mass is 9.88. The first kappa shape index (κ1) is 113. The number of imidazole rings is 2. The highest BCUT2D eigenvalue weighted by molar-refractivity contribution is 7.09. The lowest BCUT2D eigenvalue weighted by Crippen LogP contribution is -2.24. The number of aromatic nitrogens is 19. The molecule has 690 valence electrons. The van der Waals surface area contributed by atoms with Gasteiger partial charge in [-0.25, -0.2) is 34.6 Å². The molecule has 11 aromatic heterocycles. The fourth-order valence-electron chi connectivity index (χ4n) is 12.8. The topological polar surface area (TPSA) is 244 Å². The van der Waals surface area contributed by atoms with Gasteiger partial charge >= 0.3 is 0 Å². The van der Waals surface area contributed by atoms with Gasteiger partial charge in [0.15, 0.2) is 12.2 Å². The summed E-state index contributed by atoms with van der Waals surface area (Å²) < 4.78 is 18.8. The fourth-order valence-corrected chi connectivity index (χ4v) is 13.6. The number of ketones is 1. The van der Waals surface area contributed by atoms with Crippen LogP contribution in [0.3, 0.4) is 0 Å². The Hall–Kier alpha value is -9.45. The first-order valence-electron chi connectivity index (χ1n) is 43.3. The van der Waals surface area contributed by atoms with E-state index in [1.54, 1.807) is 39.6 Å². The number of aliphatic imine (C=N–C) groups is 2. The molecule has 0 aliphatic carbocycles. The molecule has 0 radical (unpaired) electrons. The van der Waals surface area contributed by atoms with Gasteiger partial charge in [0, 0.05) is 199 Å². The molecule has 24 heteroatoms. The van der Waals surface area contributed by atoms with E-state index in [-0.39, 0.29) is 70.8 Å². The molecule has 1 aliphatic heterocycles. The third kappa shape index (κ3) is 40.2. The van der Waals surface area contributed by atoms with Crippen LogP contribution in [-0.4, -0.2) is 117 Å². The number of rotatable bonds is 2. The lowest BCUT2D eigenvalue weighted by Gasteiger charge is -2.19. The monoisotopic (exact) mass is 1730 g/mol. The minimum atomic E-state index is 0.0195. The molecule has 0 fully saturated rings. The highest BCUT2D eigenvalue weighted by atomic mass is 32.1. The second-order valence-electron chi connectivity index (χ2n) is 43.6. The molecule has 124 heavy (non-hydrogen) atoms. The maximum Gasteiger partial charge on any atom is 0.181 e. The Morgan fingerprint density at radius 3 is 1.14 bits per heavy atom. The molecule has 12 heterocycles. The Morgan fingerprint density at radius 2 is 0.919 bits per heavy atom. The molecule has 0 aromatic carbocycles. The van der Waals surface area contributed by atoms with Gasteiger partial charge in [-0.05, 0) is 81.1 Å². The smallest absolute Gasteiger partial charge is 0.181 e. The number of pyridine rings is 2. The van der Waals surface area contributed by atoms with Crippen LogP contribution in [0.4, 0.5) is 0 Å². The summed E-state index contributed by atoms with van der Waals surface area (Å²) in [5.74, 6) is 5.28. The van der Waals surface area contributed by atoms with Crippen LogP contribution in [0.2, 0.25) is 0 Å². The van der Waals surface area contributed by atoms with Gasteiger partial charge in [0.25, 0.3) is 0 Å². The normalized spacial score (nSPS) is 12.4. The standard InChI is InChI=1S/C10H16N2O.C9H15N.2C9H13N.C8H15N3.4C8H14N2.C8H13NO.C8H13NS.C7H13N3/c1-7(13)8-6-9(10(2,3)4)12(5)11-8;1-9(2,3)8-6-5-7-10(8)4;1-9(2,3)8-5-4-6-10-7-8;1-9(2,3)8-6-4-5-7-10-8;1-5-11-7(8(2,3)4)9-6-10-11;2*1-8(2,3)7-9-5-6-10(7)4;1-8(2,3)7-5-6-9-10(7)4;1-6-7(8(2,3)4)10-5-9-6;2*1-6-7(8(2,3)4)9-5-10-6;1-7(2,3)6-8-5-9-10(6)4/h6H,1-5H3;5-7H,1-4H3;2*4-7H,1-3H3;6H,5H2,1-4H3;3*5-6H,1-4H3;5H2,1-4H3;3*5H,1-4H3. The zero-order chi connectivity index (χ0) is 96.1. The van der Waals surface area contributed by atoms with Gasteiger partial charge in [-0.15, -0.1) is 11.3 Å². The van der Waals surface area contributed by atoms with Crippen molar-refractivity contribution in [2.75, 3.05) is 6.67 Å². The van der Waals surface area contributed by atoms with E-state index in [9.17, 15) is 4.79 Å². The molecule has 0 bridgehead atoms. The number of thiazole rings is 1. The second kappa shape index (κ2) is 47.2. The first-order chi connectivity index (χ1) is 56.2. The lowest BCUT2D eigenvalue weighted by molar-refractivity contribution is 0.101. The van der Waals surface area contributed by atoms with Gasteiger partial charge in [-0.2, -0.15) is 20.4 Å². The molecular formula is C100H167N21O2S. The minimum absolute atomic E-state index is 0.0195. The summed E-state index contributed by atoms with van der Waals surface area (Å²) in [5.41, 5.74) is 15.1. The van der Waals surface area contributed by atoms with Crippen LogP contribution in [0, 0.1) is 19.3 Å². The van der Waals surface area contributed by atoms with Crippen LogP contribution in [-0.2, 0) is 108 Å². The summed E-state index contributed by atoms with van der Waals surface area (Å²) in [6.45, 7) is 89.0. The highest BCUT2D eigenvalue weighted by Crippen LogP contribution is 2.30. The molecule has 12 rings (SSSR count). The Kier molecular flexibility index (Phi) is 42.9. The van der Waals surface area contributed by atoms with E-state index in [2.05, 4.69) is 391 Å². The summed E-state index contributed by atoms with van der Waals surface area (Å²) in [6.07, 6.45) is 21.8. The van der Waals surface area contributed by atoms with Gasteiger partial charge in [-0.1, -0.05) is 261 Å². The van der Waals surface area contributed by atoms with Crippen molar-refractivity contribution < 1.29 is 9.21 Å². The molecule has 23 nitrogen and oxygen atoms in total. The van der Waals surface area contributed by atoms with E-state index >= 15 is 0 Å². The maximum atomic E-state index is 11.1. The fraction of sp³-hybridized carbons (Fsp3) is 0.610. The molecule has 0 amide bonds. The van der Waals surface area contributed by atoms with Crippen molar-refractivity contribution in [3.05, 3.63) is 214 Å². The molecule has 0 unspecified atom stereocenters. The predicted octanol–water partition coefficient (Wildman–Crippen LogP) is 23.8. The van der Waals surface area contributed by atoms with Gasteiger partial charge in [0.1, 0.15) is 54.1 Å². The Bertz CT molecular complexity index is 4350. The second-order valence-corrected chi connectivity index (χ2v) is 44.7. The van der Waals surface area contributed by atoms with Crippen molar-refractivity contribution in [1.82, 2.24) is 92.7 Å². The quantitative estimate of drug-likeness (QED) is 0.146. The van der Waals surface area contributed by atoms with Gasteiger partial charge in [0.2, 0.25) is 0 Å². The van der Waals surface area contributed by atoms with Crippen molar-refractivity contribution in [2.45, 2.75) is 350 Å².